The second-order valence-corrected chi connectivity index (χ2v) is 7.93. The molecule has 0 aliphatic heterocycles. The summed E-state index contributed by atoms with van der Waals surface area (Å²) < 4.78 is 0. The van der Waals surface area contributed by atoms with E-state index in [-0.39, 0.29) is 5.91 Å². The summed E-state index contributed by atoms with van der Waals surface area (Å²) in [5.74, 6) is 2.77. The van der Waals surface area contributed by atoms with Crippen molar-refractivity contribution < 1.29 is 10.1 Å². The first-order valence-electron chi connectivity index (χ1n) is 8.78. The largest absolute Gasteiger partial charge is 0.334 e. The summed E-state index contributed by atoms with van der Waals surface area (Å²) in [5.41, 5.74) is 1.63. The van der Waals surface area contributed by atoms with Crippen LogP contribution in [0.3, 0.4) is 0 Å². The number of hydrogen-bond donors (Lipinski definition) is 2. The molecule has 4 heteroatoms. The van der Waals surface area contributed by atoms with Gasteiger partial charge >= 0.3 is 0 Å². The van der Waals surface area contributed by atoms with Gasteiger partial charge in [-0.05, 0) is 55.2 Å². The maximum absolute atomic E-state index is 12.3. The molecule has 4 aliphatic rings. The summed E-state index contributed by atoms with van der Waals surface area (Å²) in [6, 6.07) is 9.21. The predicted octanol–water partition coefficient (Wildman–Crippen LogP) is 2.03. The first-order valence-corrected chi connectivity index (χ1v) is 8.78. The number of rotatable bonds is 4. The number of anilines is 1. The highest BCUT2D eigenvalue weighted by Gasteiger charge is 2.53. The smallest absolute Gasteiger partial charge is 0.279 e. The molecule has 0 atom stereocenters. The third kappa shape index (κ3) is 2.98. The number of nitrogens with two attached hydrogens (primary N) is 1. The number of carbonyl (C=O) groups excluding carboxylic acids is 1. The molecule has 1 aromatic carbocycles. The molecule has 120 valence electrons. The van der Waals surface area contributed by atoms with Gasteiger partial charge < -0.3 is 10.6 Å². The Hall–Kier alpha value is -1.86. The summed E-state index contributed by atoms with van der Waals surface area (Å²) in [5, 5.41) is 14.2. The van der Waals surface area contributed by atoms with Gasteiger partial charge in [-0.3, -0.25) is 4.79 Å². The zero-order valence-corrected chi connectivity index (χ0v) is 13.4. The second kappa shape index (κ2) is 5.65. The number of carbonyl (C=O) groups is 1. The van der Waals surface area contributed by atoms with Crippen LogP contribution in [0.5, 0.6) is 0 Å². The van der Waals surface area contributed by atoms with Crippen LogP contribution in [0.15, 0.2) is 24.3 Å². The van der Waals surface area contributed by atoms with Gasteiger partial charge in [-0.25, -0.2) is 0 Å². The van der Waals surface area contributed by atoms with Gasteiger partial charge in [0.15, 0.2) is 6.54 Å². The van der Waals surface area contributed by atoms with Crippen molar-refractivity contribution in [3.63, 3.8) is 0 Å². The Balaban J connectivity index is 1.36. The molecule has 1 aromatic rings. The number of nitriles is 1. The Kier molecular flexibility index (Phi) is 3.61. The zero-order valence-electron chi connectivity index (χ0n) is 13.4. The van der Waals surface area contributed by atoms with E-state index in [1.807, 2.05) is 6.07 Å². The third-order valence-corrected chi connectivity index (χ3v) is 6.08. The molecule has 4 aliphatic carbocycles. The molecule has 4 nitrogen and oxygen atoms in total. The molecule has 4 fully saturated rings. The zero-order chi connectivity index (χ0) is 15.9. The van der Waals surface area contributed by atoms with E-state index in [0.29, 0.717) is 23.3 Å². The molecule has 0 saturated heterocycles. The lowest BCUT2D eigenvalue weighted by Crippen LogP contribution is -3.00. The number of benzene rings is 1. The summed E-state index contributed by atoms with van der Waals surface area (Å²) in [4.78, 5) is 12.3. The average Bonchev–Trinajstić information content (AvgIpc) is 2.52. The summed E-state index contributed by atoms with van der Waals surface area (Å²) in [6.07, 6.45) is 8.20. The van der Waals surface area contributed by atoms with Crippen LogP contribution in [0.25, 0.3) is 0 Å². The van der Waals surface area contributed by atoms with E-state index in [1.165, 1.54) is 38.5 Å². The van der Waals surface area contributed by atoms with Crippen LogP contribution in [0.4, 0.5) is 5.69 Å². The highest BCUT2D eigenvalue weighted by molar-refractivity contribution is 5.91. The minimum atomic E-state index is 0.0378. The SMILES string of the molecule is N#Cc1cccc(NC(=O)C[NH2+]C23CC4CC(CC(C4)C2)C3)c1. The van der Waals surface area contributed by atoms with Crippen LogP contribution < -0.4 is 10.6 Å². The lowest BCUT2D eigenvalue weighted by atomic mass is 9.53. The van der Waals surface area contributed by atoms with Gasteiger partial charge in [-0.15, -0.1) is 0 Å². The molecule has 1 amide bonds. The van der Waals surface area contributed by atoms with Gasteiger partial charge in [0.25, 0.3) is 5.91 Å². The minimum Gasteiger partial charge on any atom is -0.334 e. The van der Waals surface area contributed by atoms with Crippen molar-refractivity contribution in [3.8, 4) is 6.07 Å². The van der Waals surface area contributed by atoms with Gasteiger partial charge in [0.1, 0.15) is 0 Å². The molecule has 0 spiro atoms. The van der Waals surface area contributed by atoms with E-state index in [0.717, 1.165) is 17.8 Å². The Morgan fingerprint density at radius 1 is 1.22 bits per heavy atom. The van der Waals surface area contributed by atoms with Crippen LogP contribution in [0.1, 0.15) is 44.1 Å². The Morgan fingerprint density at radius 3 is 2.48 bits per heavy atom. The Morgan fingerprint density at radius 2 is 1.87 bits per heavy atom. The van der Waals surface area contributed by atoms with Gasteiger partial charge in [0, 0.05) is 24.9 Å². The van der Waals surface area contributed by atoms with Crippen molar-refractivity contribution in [2.24, 2.45) is 17.8 Å². The van der Waals surface area contributed by atoms with Crippen molar-refractivity contribution in [1.29, 1.82) is 5.26 Å². The molecule has 5 rings (SSSR count). The van der Waals surface area contributed by atoms with E-state index >= 15 is 0 Å². The van der Waals surface area contributed by atoms with Crippen molar-refractivity contribution in [2.75, 3.05) is 11.9 Å². The molecule has 4 bridgehead atoms. The first-order chi connectivity index (χ1) is 11.1. The van der Waals surface area contributed by atoms with Crippen LogP contribution in [0.2, 0.25) is 0 Å². The summed E-state index contributed by atoms with van der Waals surface area (Å²) >= 11 is 0. The highest BCUT2D eigenvalue weighted by atomic mass is 16.1. The Bertz CT molecular complexity index is 626. The van der Waals surface area contributed by atoms with Gasteiger partial charge in [-0.1, -0.05) is 6.07 Å². The van der Waals surface area contributed by atoms with Crippen molar-refractivity contribution >= 4 is 11.6 Å². The molecule has 23 heavy (non-hydrogen) atoms. The van der Waals surface area contributed by atoms with Gasteiger partial charge in [-0.2, -0.15) is 5.26 Å². The molecular formula is C19H24N3O+. The monoisotopic (exact) mass is 310 g/mol. The second-order valence-electron chi connectivity index (χ2n) is 7.93. The topological polar surface area (TPSA) is 69.5 Å². The van der Waals surface area contributed by atoms with Crippen LogP contribution in [-0.2, 0) is 4.79 Å². The number of quaternary nitrogens is 1. The molecular weight excluding hydrogens is 286 g/mol. The van der Waals surface area contributed by atoms with Crippen molar-refractivity contribution in [1.82, 2.24) is 0 Å². The van der Waals surface area contributed by atoms with E-state index < -0.39 is 0 Å². The normalized spacial score (nSPS) is 34.1. The molecule has 0 aromatic heterocycles. The number of nitrogens with one attached hydrogen (secondary N) is 1. The van der Waals surface area contributed by atoms with Crippen LogP contribution >= 0.6 is 0 Å². The maximum atomic E-state index is 12.3. The Labute approximate surface area is 137 Å². The molecule has 3 N–H and O–H groups in total. The van der Waals surface area contributed by atoms with Gasteiger partial charge in [0.2, 0.25) is 0 Å². The van der Waals surface area contributed by atoms with E-state index in [9.17, 15) is 4.79 Å². The standard InChI is InChI=1S/C19H23N3O/c20-11-13-2-1-3-17(7-13)22-18(23)12-21-19-8-14-4-15(9-19)6-16(5-14)10-19/h1-3,7,14-16,21H,4-6,8-10,12H2,(H,22,23)/p+1. The average molecular weight is 310 g/mol. The first kappa shape index (κ1) is 14.7. The number of nitrogens with zero attached hydrogens (tertiary/aromatic N) is 1. The molecule has 4 saturated carbocycles. The van der Waals surface area contributed by atoms with E-state index in [4.69, 9.17) is 5.26 Å². The quantitative estimate of drug-likeness (QED) is 0.893. The van der Waals surface area contributed by atoms with Crippen LogP contribution in [0, 0.1) is 29.1 Å². The van der Waals surface area contributed by atoms with Crippen molar-refractivity contribution in [3.05, 3.63) is 29.8 Å². The maximum Gasteiger partial charge on any atom is 0.279 e. The lowest BCUT2D eigenvalue weighted by molar-refractivity contribution is -0.729. The highest BCUT2D eigenvalue weighted by Crippen LogP contribution is 2.54. The predicted molar refractivity (Wildman–Crippen MR) is 87.5 cm³/mol. The fourth-order valence-corrected chi connectivity index (χ4v) is 5.62. The minimum absolute atomic E-state index is 0.0378. The number of amides is 1. The van der Waals surface area contributed by atoms with Crippen LogP contribution in [-0.4, -0.2) is 18.0 Å². The molecule has 0 unspecified atom stereocenters. The lowest BCUT2D eigenvalue weighted by Gasteiger charge is -2.54. The molecule has 0 heterocycles. The fraction of sp³-hybridized carbons (Fsp3) is 0.579. The number of hydrogen-bond acceptors (Lipinski definition) is 2. The van der Waals surface area contributed by atoms with E-state index in [1.54, 1.807) is 18.2 Å². The van der Waals surface area contributed by atoms with Crippen molar-refractivity contribution in [2.45, 2.75) is 44.1 Å². The summed E-state index contributed by atoms with van der Waals surface area (Å²) in [6.45, 7) is 0.489. The fourth-order valence-electron chi connectivity index (χ4n) is 5.62. The summed E-state index contributed by atoms with van der Waals surface area (Å²) in [7, 11) is 0. The molecule has 0 radical (unpaired) electrons. The van der Waals surface area contributed by atoms with E-state index in [2.05, 4.69) is 16.7 Å². The van der Waals surface area contributed by atoms with Gasteiger partial charge in [0.05, 0.1) is 17.2 Å². The third-order valence-electron chi connectivity index (χ3n) is 6.08.